The average molecular weight is 635 g/mol. The van der Waals surface area contributed by atoms with Gasteiger partial charge in [0.15, 0.2) is 4.96 Å². The molecule has 0 aliphatic carbocycles. The monoisotopic (exact) mass is 634 g/mol. The molecular formula is C34H31ClN8OS. The number of thiazole rings is 1. The van der Waals surface area contributed by atoms with Gasteiger partial charge in [0.05, 0.1) is 22.0 Å². The molecule has 2 N–H and O–H groups in total. The summed E-state index contributed by atoms with van der Waals surface area (Å²) >= 11 is 7.80. The second-order valence-electron chi connectivity index (χ2n) is 10.7. The highest BCUT2D eigenvalue weighted by atomic mass is 35.5. The Labute approximate surface area is 270 Å². The van der Waals surface area contributed by atoms with Gasteiger partial charge in [-0.25, -0.2) is 15.0 Å². The molecule has 0 saturated carbocycles. The number of carbonyl (C=O) groups excluding carboxylic acids is 1. The van der Waals surface area contributed by atoms with Gasteiger partial charge in [-0.2, -0.15) is 0 Å². The van der Waals surface area contributed by atoms with Crippen molar-refractivity contribution in [3.63, 3.8) is 0 Å². The van der Waals surface area contributed by atoms with Crippen molar-refractivity contribution < 1.29 is 4.79 Å². The predicted octanol–water partition coefficient (Wildman–Crippen LogP) is 7.31. The summed E-state index contributed by atoms with van der Waals surface area (Å²) in [5, 5.41) is 8.74. The molecule has 1 aliphatic heterocycles. The number of fused-ring (bicyclic) bond motifs is 1. The molecule has 0 spiro atoms. The lowest BCUT2D eigenvalue weighted by atomic mass is 10.1. The van der Waals surface area contributed by atoms with E-state index in [4.69, 9.17) is 21.6 Å². The molecule has 0 bridgehead atoms. The van der Waals surface area contributed by atoms with Crippen molar-refractivity contribution in [2.75, 3.05) is 48.3 Å². The molecule has 4 heterocycles. The van der Waals surface area contributed by atoms with E-state index in [1.165, 1.54) is 5.69 Å². The van der Waals surface area contributed by atoms with E-state index in [1.54, 1.807) is 41.8 Å². The molecule has 226 valence electrons. The summed E-state index contributed by atoms with van der Waals surface area (Å²) in [4.78, 5) is 33.0. The number of hydrogen-bond acceptors (Lipinski definition) is 8. The Kier molecular flexibility index (Phi) is 8.17. The van der Waals surface area contributed by atoms with Crippen LogP contribution in [0.5, 0.6) is 0 Å². The first-order valence-electron chi connectivity index (χ1n) is 14.9. The van der Waals surface area contributed by atoms with Crippen LogP contribution in [0.3, 0.4) is 0 Å². The van der Waals surface area contributed by atoms with E-state index in [0.29, 0.717) is 22.2 Å². The van der Waals surface area contributed by atoms with Crippen LogP contribution >= 0.6 is 22.9 Å². The molecule has 3 aromatic carbocycles. The van der Waals surface area contributed by atoms with Gasteiger partial charge in [0.1, 0.15) is 5.69 Å². The molecule has 0 atom stereocenters. The molecule has 6 aromatic rings. The van der Waals surface area contributed by atoms with Crippen LogP contribution in [0.25, 0.3) is 27.6 Å². The smallest absolute Gasteiger partial charge is 0.257 e. The molecule has 1 aliphatic rings. The predicted molar refractivity (Wildman–Crippen MR) is 183 cm³/mol. The van der Waals surface area contributed by atoms with Gasteiger partial charge in [-0.05, 0) is 61.1 Å². The first-order valence-corrected chi connectivity index (χ1v) is 16.1. The summed E-state index contributed by atoms with van der Waals surface area (Å²) < 4.78 is 2.04. The van der Waals surface area contributed by atoms with Gasteiger partial charge in [0.25, 0.3) is 5.91 Å². The van der Waals surface area contributed by atoms with Crippen molar-refractivity contribution in [2.24, 2.45) is 0 Å². The third-order valence-corrected chi connectivity index (χ3v) is 9.07. The molecule has 1 saturated heterocycles. The average Bonchev–Trinajstić information content (AvgIpc) is 3.68. The Balaban J connectivity index is 1.14. The molecule has 7 rings (SSSR count). The molecule has 3 aromatic heterocycles. The van der Waals surface area contributed by atoms with E-state index in [2.05, 4.69) is 56.6 Å². The highest BCUT2D eigenvalue weighted by Gasteiger charge is 2.20. The van der Waals surface area contributed by atoms with Crippen LogP contribution in [0.4, 0.5) is 23.0 Å². The lowest BCUT2D eigenvalue weighted by molar-refractivity contribution is 0.102. The number of rotatable bonds is 8. The van der Waals surface area contributed by atoms with Crippen LogP contribution in [0.1, 0.15) is 17.3 Å². The van der Waals surface area contributed by atoms with Crippen LogP contribution in [0, 0.1) is 0 Å². The fourth-order valence-electron chi connectivity index (χ4n) is 5.58. The first-order chi connectivity index (χ1) is 22.1. The Bertz CT molecular complexity index is 1960. The minimum Gasteiger partial charge on any atom is -0.369 e. The number of hydrogen-bond donors (Lipinski definition) is 2. The summed E-state index contributed by atoms with van der Waals surface area (Å²) in [6.07, 6.45) is 3.74. The van der Waals surface area contributed by atoms with Crippen molar-refractivity contribution in [3.8, 4) is 22.6 Å². The van der Waals surface area contributed by atoms with E-state index in [9.17, 15) is 4.79 Å². The van der Waals surface area contributed by atoms with Crippen LogP contribution in [0.15, 0.2) is 96.6 Å². The van der Waals surface area contributed by atoms with Gasteiger partial charge in [-0.3, -0.25) is 9.20 Å². The van der Waals surface area contributed by atoms with E-state index < -0.39 is 0 Å². The van der Waals surface area contributed by atoms with E-state index in [1.807, 2.05) is 46.3 Å². The lowest BCUT2D eigenvalue weighted by Crippen LogP contribution is -2.46. The molecule has 1 fully saturated rings. The minimum absolute atomic E-state index is 0.276. The van der Waals surface area contributed by atoms with Crippen LogP contribution in [-0.4, -0.2) is 62.9 Å². The number of anilines is 4. The lowest BCUT2D eigenvalue weighted by Gasteiger charge is -2.35. The van der Waals surface area contributed by atoms with Gasteiger partial charge in [0, 0.05) is 66.6 Å². The minimum atomic E-state index is -0.276. The van der Waals surface area contributed by atoms with Gasteiger partial charge in [0.2, 0.25) is 5.95 Å². The van der Waals surface area contributed by atoms with Gasteiger partial charge >= 0.3 is 0 Å². The number of nitrogens with zero attached hydrogens (tertiary/aromatic N) is 6. The normalized spacial score (nSPS) is 13.7. The highest BCUT2D eigenvalue weighted by molar-refractivity contribution is 7.15. The zero-order valence-corrected chi connectivity index (χ0v) is 26.2. The zero-order valence-electron chi connectivity index (χ0n) is 24.7. The number of piperazine rings is 1. The SMILES string of the molecule is CCN1CCN(c2ccc(Nc3nccc(-c4c(-c5cccc(NC(=O)c6ccccc6Cl)c5)nc5sccn45)n3)cc2)CC1. The standard InChI is InChI=1S/C34H31ClN8OS/c1-2-41-16-18-42(19-17-41)26-12-10-24(11-13-26)38-33-36-15-14-29(39-33)31-30(40-34-43(31)20-21-45-34)23-6-5-7-25(22-23)37-32(44)27-8-3-4-9-28(27)35/h3-15,20-22H,2,16-19H2,1H3,(H,37,44)(H,36,38,39). The fourth-order valence-corrected chi connectivity index (χ4v) is 6.51. The second kappa shape index (κ2) is 12.7. The van der Waals surface area contributed by atoms with Crippen LogP contribution < -0.4 is 15.5 Å². The van der Waals surface area contributed by atoms with Gasteiger partial charge in [-0.1, -0.05) is 42.8 Å². The fraction of sp³-hybridized carbons (Fsp3) is 0.176. The number of imidazole rings is 1. The van der Waals surface area contributed by atoms with Crippen molar-refractivity contribution in [3.05, 3.63) is 107 Å². The largest absolute Gasteiger partial charge is 0.369 e. The van der Waals surface area contributed by atoms with Crippen molar-refractivity contribution in [1.29, 1.82) is 0 Å². The molecule has 9 nitrogen and oxygen atoms in total. The number of carbonyl (C=O) groups is 1. The number of amides is 1. The summed E-state index contributed by atoms with van der Waals surface area (Å²) in [7, 11) is 0. The van der Waals surface area contributed by atoms with E-state index in [-0.39, 0.29) is 5.91 Å². The zero-order chi connectivity index (χ0) is 30.8. The molecule has 0 radical (unpaired) electrons. The molecule has 11 heteroatoms. The molecule has 1 amide bonds. The summed E-state index contributed by atoms with van der Waals surface area (Å²) in [5.41, 5.74) is 6.37. The van der Waals surface area contributed by atoms with Crippen LogP contribution in [0.2, 0.25) is 5.02 Å². The Morgan fingerprint density at radius 1 is 0.933 bits per heavy atom. The Hall–Kier alpha value is -4.77. The third-order valence-electron chi connectivity index (χ3n) is 7.98. The van der Waals surface area contributed by atoms with Gasteiger partial charge < -0.3 is 20.4 Å². The number of aromatic nitrogens is 4. The quantitative estimate of drug-likeness (QED) is 0.181. The maximum atomic E-state index is 12.9. The van der Waals surface area contributed by atoms with Crippen LogP contribution in [-0.2, 0) is 0 Å². The number of benzene rings is 3. The summed E-state index contributed by atoms with van der Waals surface area (Å²) in [5.74, 6) is 0.219. The van der Waals surface area contributed by atoms with E-state index >= 15 is 0 Å². The second-order valence-corrected chi connectivity index (χ2v) is 12.0. The number of likely N-dealkylation sites (N-methyl/N-ethyl adjacent to an activating group) is 1. The summed E-state index contributed by atoms with van der Waals surface area (Å²) in [6.45, 7) is 7.57. The van der Waals surface area contributed by atoms with Crippen molar-refractivity contribution in [2.45, 2.75) is 6.92 Å². The molecular weight excluding hydrogens is 604 g/mol. The maximum Gasteiger partial charge on any atom is 0.257 e. The van der Waals surface area contributed by atoms with Gasteiger partial charge in [-0.15, -0.1) is 11.3 Å². The molecule has 45 heavy (non-hydrogen) atoms. The first kappa shape index (κ1) is 29.0. The Morgan fingerprint density at radius 2 is 1.76 bits per heavy atom. The van der Waals surface area contributed by atoms with Crippen molar-refractivity contribution >= 4 is 56.8 Å². The topological polar surface area (TPSA) is 90.7 Å². The summed E-state index contributed by atoms with van der Waals surface area (Å²) in [6, 6.07) is 24.9. The third kappa shape index (κ3) is 6.12. The van der Waals surface area contributed by atoms with E-state index in [0.717, 1.165) is 66.0 Å². The van der Waals surface area contributed by atoms with Crippen molar-refractivity contribution in [1.82, 2.24) is 24.3 Å². The Morgan fingerprint density at radius 3 is 2.56 bits per heavy atom. The maximum absolute atomic E-state index is 12.9. The number of nitrogens with one attached hydrogen (secondary N) is 2. The molecule has 0 unspecified atom stereocenters. The highest BCUT2D eigenvalue weighted by Crippen LogP contribution is 2.35. The number of halogens is 1.